The second kappa shape index (κ2) is 15.4. The number of unbranched alkanes of at least 4 members (excludes halogenated alkanes) is 6. The molecular formula is C28H35N5. The lowest BCUT2D eigenvalue weighted by molar-refractivity contribution is 0.609. The van der Waals surface area contributed by atoms with Crippen molar-refractivity contribution in [1.29, 1.82) is 10.5 Å². The summed E-state index contributed by atoms with van der Waals surface area (Å²) >= 11 is 0. The van der Waals surface area contributed by atoms with Crippen LogP contribution in [0.4, 0.5) is 17.1 Å². The van der Waals surface area contributed by atoms with Gasteiger partial charge in [0.15, 0.2) is 0 Å². The summed E-state index contributed by atoms with van der Waals surface area (Å²) in [5, 5.41) is 26.4. The van der Waals surface area contributed by atoms with Crippen LogP contribution in [-0.2, 0) is 0 Å². The van der Waals surface area contributed by atoms with Gasteiger partial charge in [-0.05, 0) is 60.9 Å². The molecule has 0 saturated carbocycles. The van der Waals surface area contributed by atoms with Crippen molar-refractivity contribution in [2.75, 3.05) is 18.0 Å². The average molecular weight is 442 g/mol. The van der Waals surface area contributed by atoms with E-state index in [1.807, 2.05) is 48.5 Å². The third-order valence-electron chi connectivity index (χ3n) is 5.50. The summed E-state index contributed by atoms with van der Waals surface area (Å²) in [5.41, 5.74) is 3.66. The summed E-state index contributed by atoms with van der Waals surface area (Å²) < 4.78 is 0. The van der Waals surface area contributed by atoms with Gasteiger partial charge >= 0.3 is 0 Å². The van der Waals surface area contributed by atoms with Gasteiger partial charge in [-0.25, -0.2) is 0 Å². The number of anilines is 1. The minimum Gasteiger partial charge on any atom is -0.372 e. The Hall–Kier alpha value is -3.44. The van der Waals surface area contributed by atoms with E-state index in [4.69, 9.17) is 10.5 Å². The topological polar surface area (TPSA) is 75.5 Å². The zero-order valence-electron chi connectivity index (χ0n) is 20.0. The van der Waals surface area contributed by atoms with Crippen molar-refractivity contribution >= 4 is 23.1 Å². The fourth-order valence-electron chi connectivity index (χ4n) is 3.57. The van der Waals surface area contributed by atoms with Crippen molar-refractivity contribution in [3.8, 4) is 12.1 Å². The molecule has 5 heteroatoms. The van der Waals surface area contributed by atoms with Crippen molar-refractivity contribution < 1.29 is 0 Å². The smallest absolute Gasteiger partial charge is 0.130 e. The molecule has 0 heterocycles. The van der Waals surface area contributed by atoms with Crippen LogP contribution in [0.15, 0.2) is 64.3 Å². The van der Waals surface area contributed by atoms with E-state index in [-0.39, 0.29) is 5.57 Å². The molecule has 0 bridgehead atoms. The molecule has 0 N–H and O–H groups in total. The predicted molar refractivity (Wildman–Crippen MR) is 137 cm³/mol. The van der Waals surface area contributed by atoms with Crippen LogP contribution < -0.4 is 4.90 Å². The molecule has 0 amide bonds. The van der Waals surface area contributed by atoms with Gasteiger partial charge in [-0.3, -0.25) is 0 Å². The van der Waals surface area contributed by atoms with E-state index in [0.29, 0.717) is 0 Å². The minimum atomic E-state index is 0.0780. The van der Waals surface area contributed by atoms with Crippen molar-refractivity contribution in [2.45, 2.75) is 65.2 Å². The molecule has 0 aliphatic rings. The van der Waals surface area contributed by atoms with Gasteiger partial charge in [0.05, 0.1) is 11.4 Å². The Bertz CT molecular complexity index is 931. The summed E-state index contributed by atoms with van der Waals surface area (Å²) in [6.07, 6.45) is 11.7. The molecule has 2 aromatic carbocycles. The molecule has 0 spiro atoms. The summed E-state index contributed by atoms with van der Waals surface area (Å²) in [6.45, 7) is 6.71. The third-order valence-corrected chi connectivity index (χ3v) is 5.50. The Morgan fingerprint density at radius 2 is 1.21 bits per heavy atom. The Balaban J connectivity index is 2.00. The highest BCUT2D eigenvalue weighted by atomic mass is 15.1. The number of rotatable bonds is 14. The minimum absolute atomic E-state index is 0.0780. The van der Waals surface area contributed by atoms with E-state index in [1.54, 1.807) is 6.08 Å². The maximum absolute atomic E-state index is 8.86. The van der Waals surface area contributed by atoms with E-state index in [9.17, 15) is 0 Å². The fraction of sp³-hybridized carbons (Fsp3) is 0.429. The molecule has 0 aliphatic heterocycles. The second-order valence-electron chi connectivity index (χ2n) is 8.20. The average Bonchev–Trinajstić information content (AvgIpc) is 2.86. The second-order valence-corrected chi connectivity index (χ2v) is 8.20. The normalized spacial score (nSPS) is 10.5. The summed E-state index contributed by atoms with van der Waals surface area (Å²) in [6, 6.07) is 19.3. The van der Waals surface area contributed by atoms with Crippen LogP contribution in [-0.4, -0.2) is 13.1 Å². The number of azo groups is 1. The highest BCUT2D eigenvalue weighted by Crippen LogP contribution is 2.24. The quantitative estimate of drug-likeness (QED) is 0.167. The van der Waals surface area contributed by atoms with Gasteiger partial charge in [-0.15, -0.1) is 0 Å². The molecule has 0 unspecified atom stereocenters. The van der Waals surface area contributed by atoms with E-state index >= 15 is 0 Å². The summed E-state index contributed by atoms with van der Waals surface area (Å²) in [4.78, 5) is 2.51. The Kier molecular flexibility index (Phi) is 12.0. The SMILES string of the molecule is CCCCCCN(CCCCCC)c1ccc(N=Nc2ccc(C=C(C#N)C#N)cc2)cc1. The number of hydrogen-bond acceptors (Lipinski definition) is 5. The molecule has 2 rings (SSSR count). The molecule has 5 nitrogen and oxygen atoms in total. The number of benzene rings is 2. The van der Waals surface area contributed by atoms with E-state index in [1.165, 1.54) is 57.1 Å². The lowest BCUT2D eigenvalue weighted by atomic mass is 10.1. The number of nitriles is 2. The molecule has 0 radical (unpaired) electrons. The van der Waals surface area contributed by atoms with Gasteiger partial charge < -0.3 is 4.90 Å². The zero-order valence-corrected chi connectivity index (χ0v) is 20.0. The van der Waals surface area contributed by atoms with Gasteiger partial charge in [0, 0.05) is 18.8 Å². The first kappa shape index (κ1) is 25.8. The van der Waals surface area contributed by atoms with Crippen LogP contribution in [0.1, 0.15) is 70.8 Å². The summed E-state index contributed by atoms with van der Waals surface area (Å²) in [7, 11) is 0. The van der Waals surface area contributed by atoms with Crippen LogP contribution in [0.25, 0.3) is 6.08 Å². The highest BCUT2D eigenvalue weighted by molar-refractivity contribution is 5.63. The van der Waals surface area contributed by atoms with Gasteiger partial charge in [-0.2, -0.15) is 20.8 Å². The first-order valence-electron chi connectivity index (χ1n) is 12.1. The maximum Gasteiger partial charge on any atom is 0.130 e. The van der Waals surface area contributed by atoms with E-state index < -0.39 is 0 Å². The van der Waals surface area contributed by atoms with Crippen molar-refractivity contribution in [3.63, 3.8) is 0 Å². The number of nitrogens with zero attached hydrogens (tertiary/aromatic N) is 5. The Labute approximate surface area is 199 Å². The molecule has 0 fully saturated rings. The van der Waals surface area contributed by atoms with E-state index in [2.05, 4.69) is 41.1 Å². The van der Waals surface area contributed by atoms with Crippen LogP contribution in [0, 0.1) is 22.7 Å². The third kappa shape index (κ3) is 9.71. The molecule has 0 atom stereocenters. The lowest BCUT2D eigenvalue weighted by Gasteiger charge is -2.25. The van der Waals surface area contributed by atoms with Crippen molar-refractivity contribution in [3.05, 3.63) is 59.7 Å². The first-order chi connectivity index (χ1) is 16.2. The van der Waals surface area contributed by atoms with Crippen molar-refractivity contribution in [1.82, 2.24) is 0 Å². The monoisotopic (exact) mass is 441 g/mol. The molecule has 2 aromatic rings. The van der Waals surface area contributed by atoms with Crippen LogP contribution in [0.3, 0.4) is 0 Å². The molecule has 33 heavy (non-hydrogen) atoms. The van der Waals surface area contributed by atoms with Crippen LogP contribution in [0.5, 0.6) is 0 Å². The predicted octanol–water partition coefficient (Wildman–Crippen LogP) is 8.50. The van der Waals surface area contributed by atoms with Gasteiger partial charge in [0.25, 0.3) is 0 Å². The van der Waals surface area contributed by atoms with Gasteiger partial charge in [0.2, 0.25) is 0 Å². The van der Waals surface area contributed by atoms with Crippen molar-refractivity contribution in [2.24, 2.45) is 10.2 Å². The van der Waals surface area contributed by atoms with Gasteiger partial charge in [0.1, 0.15) is 17.7 Å². The molecule has 0 aliphatic carbocycles. The van der Waals surface area contributed by atoms with Crippen LogP contribution in [0.2, 0.25) is 0 Å². The first-order valence-corrected chi connectivity index (χ1v) is 12.1. The summed E-state index contributed by atoms with van der Waals surface area (Å²) in [5.74, 6) is 0. The number of allylic oxidation sites excluding steroid dienone is 1. The molecule has 0 aromatic heterocycles. The largest absolute Gasteiger partial charge is 0.372 e. The Morgan fingerprint density at radius 3 is 1.67 bits per heavy atom. The zero-order chi connectivity index (χ0) is 23.7. The molecule has 0 saturated heterocycles. The molecular weight excluding hydrogens is 406 g/mol. The van der Waals surface area contributed by atoms with Crippen LogP contribution >= 0.6 is 0 Å². The highest BCUT2D eigenvalue weighted by Gasteiger charge is 2.06. The molecule has 172 valence electrons. The Morgan fingerprint density at radius 1 is 0.727 bits per heavy atom. The lowest BCUT2D eigenvalue weighted by Crippen LogP contribution is -2.25. The standard InChI is InChI=1S/C28H35N5/c1-3-5-7-9-19-33(20-10-8-6-4-2)28-17-15-27(16-18-28)32-31-26-13-11-24(12-14-26)21-25(22-29)23-30/h11-18,21H,3-10,19-20H2,1-2H3. The van der Waals surface area contributed by atoms with E-state index in [0.717, 1.165) is 30.0 Å². The maximum atomic E-state index is 8.86. The van der Waals surface area contributed by atoms with Gasteiger partial charge in [-0.1, -0.05) is 64.5 Å². The fourth-order valence-corrected chi connectivity index (χ4v) is 3.57. The number of hydrogen-bond donors (Lipinski definition) is 0.